The van der Waals surface area contributed by atoms with Crippen LogP contribution in [-0.2, 0) is 0 Å². The molecule has 1 N–H and O–H groups in total. The van der Waals surface area contributed by atoms with Crippen molar-refractivity contribution in [1.29, 1.82) is 10.5 Å². The molecular weight excluding hydrogens is 285 g/mol. The van der Waals surface area contributed by atoms with Crippen LogP contribution in [0.1, 0.15) is 12.0 Å². The van der Waals surface area contributed by atoms with Crippen molar-refractivity contribution >= 4 is 11.7 Å². The summed E-state index contributed by atoms with van der Waals surface area (Å²) in [5, 5.41) is 20.2. The number of carbonyl (C=O) groups excluding carboxylic acids is 1. The summed E-state index contributed by atoms with van der Waals surface area (Å²) in [6.07, 6.45) is 2.96. The van der Waals surface area contributed by atoms with Gasteiger partial charge in [-0.05, 0) is 24.6 Å². The Morgan fingerprint density at radius 3 is 2.86 bits per heavy atom. The van der Waals surface area contributed by atoms with Crippen molar-refractivity contribution in [3.63, 3.8) is 0 Å². The minimum atomic E-state index is -0.631. The number of likely N-dealkylation sites (tertiary alicyclic amines) is 2. The van der Waals surface area contributed by atoms with Crippen molar-refractivity contribution < 1.29 is 9.18 Å². The average molecular weight is 299 g/mol. The Morgan fingerprint density at radius 1 is 1.36 bits per heavy atom. The first kappa shape index (κ1) is 14.2. The second kappa shape index (κ2) is 5.53. The first-order valence-corrected chi connectivity index (χ1v) is 7.04. The highest BCUT2D eigenvalue weighted by molar-refractivity contribution is 5.90. The molecule has 0 bridgehead atoms. The van der Waals surface area contributed by atoms with E-state index < -0.39 is 5.82 Å². The van der Waals surface area contributed by atoms with E-state index in [2.05, 4.69) is 11.5 Å². The number of fused-ring (bicyclic) bond motifs is 1. The maximum atomic E-state index is 13.8. The van der Waals surface area contributed by atoms with Crippen LogP contribution in [0.3, 0.4) is 0 Å². The molecule has 0 radical (unpaired) electrons. The molecule has 0 unspecified atom stereocenters. The molecule has 3 rings (SSSR count). The maximum absolute atomic E-state index is 13.8. The summed E-state index contributed by atoms with van der Waals surface area (Å²) >= 11 is 0. The number of halogens is 1. The van der Waals surface area contributed by atoms with E-state index in [1.165, 1.54) is 12.1 Å². The van der Waals surface area contributed by atoms with Gasteiger partial charge in [0.15, 0.2) is 6.19 Å². The normalized spacial score (nSPS) is 22.9. The van der Waals surface area contributed by atoms with Crippen LogP contribution in [0.5, 0.6) is 0 Å². The van der Waals surface area contributed by atoms with Gasteiger partial charge >= 0.3 is 6.03 Å². The van der Waals surface area contributed by atoms with Crippen LogP contribution in [-0.4, -0.2) is 41.5 Å². The number of carbonyl (C=O) groups is 1. The summed E-state index contributed by atoms with van der Waals surface area (Å²) < 4.78 is 13.8. The lowest BCUT2D eigenvalue weighted by molar-refractivity contribution is 0.203. The third-order valence-corrected chi connectivity index (χ3v) is 4.29. The lowest BCUT2D eigenvalue weighted by atomic mass is 10.1. The van der Waals surface area contributed by atoms with Gasteiger partial charge in [-0.15, -0.1) is 0 Å². The Kier molecular flexibility index (Phi) is 3.56. The molecule has 112 valence electrons. The van der Waals surface area contributed by atoms with E-state index in [-0.39, 0.29) is 23.3 Å². The largest absolute Gasteiger partial charge is 0.322 e. The number of nitrogens with zero attached hydrogens (tertiary/aromatic N) is 4. The van der Waals surface area contributed by atoms with Crippen molar-refractivity contribution in [3.8, 4) is 12.3 Å². The molecule has 1 aromatic carbocycles. The number of amides is 2. The molecule has 22 heavy (non-hydrogen) atoms. The first-order valence-electron chi connectivity index (χ1n) is 7.04. The van der Waals surface area contributed by atoms with Crippen molar-refractivity contribution in [2.24, 2.45) is 5.92 Å². The lowest BCUT2D eigenvalue weighted by Gasteiger charge is -2.24. The Morgan fingerprint density at radius 2 is 2.18 bits per heavy atom. The quantitative estimate of drug-likeness (QED) is 0.800. The third-order valence-electron chi connectivity index (χ3n) is 4.29. The van der Waals surface area contributed by atoms with E-state index in [4.69, 9.17) is 10.5 Å². The zero-order valence-corrected chi connectivity index (χ0v) is 11.8. The molecule has 2 fully saturated rings. The average Bonchev–Trinajstić information content (AvgIpc) is 3.08. The molecular formula is C15H14FN5O. The Labute approximate surface area is 127 Å². The van der Waals surface area contributed by atoms with Gasteiger partial charge in [-0.3, -0.25) is 0 Å². The summed E-state index contributed by atoms with van der Waals surface area (Å²) in [5.74, 6) is -0.329. The fraction of sp³-hybridized carbons (Fsp3) is 0.400. The van der Waals surface area contributed by atoms with Crippen LogP contribution in [0.25, 0.3) is 0 Å². The molecule has 2 atom stereocenters. The standard InChI is InChI=1S/C15H14FN5O/c16-12-5-10(6-17)1-2-13(12)19-15(22)21-4-3-11-7-20(9-18)8-14(11)21/h1-2,5,11,14H,3-4,7-8H2,(H,19,22)/t11-,14+/m1/s1. The molecule has 6 nitrogen and oxygen atoms in total. The molecule has 0 aliphatic carbocycles. The van der Waals surface area contributed by atoms with Gasteiger partial charge in [-0.2, -0.15) is 10.5 Å². The predicted octanol–water partition coefficient (Wildman–Crippen LogP) is 1.72. The smallest absolute Gasteiger partial charge is 0.319 e. The highest BCUT2D eigenvalue weighted by Crippen LogP contribution is 2.31. The van der Waals surface area contributed by atoms with Crippen LogP contribution < -0.4 is 5.32 Å². The minimum Gasteiger partial charge on any atom is -0.319 e. The van der Waals surface area contributed by atoms with E-state index in [0.717, 1.165) is 12.5 Å². The van der Waals surface area contributed by atoms with Gasteiger partial charge in [-0.25, -0.2) is 9.18 Å². The van der Waals surface area contributed by atoms with Crippen LogP contribution >= 0.6 is 0 Å². The molecule has 2 aliphatic heterocycles. The minimum absolute atomic E-state index is 0.00101. The van der Waals surface area contributed by atoms with E-state index in [9.17, 15) is 9.18 Å². The zero-order chi connectivity index (χ0) is 15.7. The van der Waals surface area contributed by atoms with Crippen LogP contribution in [0.4, 0.5) is 14.9 Å². The van der Waals surface area contributed by atoms with E-state index in [1.54, 1.807) is 9.80 Å². The second-order valence-corrected chi connectivity index (χ2v) is 5.55. The number of anilines is 1. The Hall–Kier alpha value is -2.80. The zero-order valence-electron chi connectivity index (χ0n) is 11.8. The summed E-state index contributed by atoms with van der Waals surface area (Å²) in [5.41, 5.74) is 0.264. The second-order valence-electron chi connectivity index (χ2n) is 5.55. The number of rotatable bonds is 1. The fourth-order valence-corrected chi connectivity index (χ4v) is 3.17. The maximum Gasteiger partial charge on any atom is 0.322 e. The summed E-state index contributed by atoms with van der Waals surface area (Å²) in [6.45, 7) is 1.82. The van der Waals surface area contributed by atoms with Gasteiger partial charge in [0.05, 0.1) is 23.4 Å². The van der Waals surface area contributed by atoms with Crippen LogP contribution in [0.15, 0.2) is 18.2 Å². The highest BCUT2D eigenvalue weighted by atomic mass is 19.1. The van der Waals surface area contributed by atoms with Crippen molar-refractivity contribution in [1.82, 2.24) is 9.80 Å². The molecule has 2 saturated heterocycles. The molecule has 2 aliphatic rings. The summed E-state index contributed by atoms with van der Waals surface area (Å²) in [7, 11) is 0. The Bertz CT molecular complexity index is 692. The topological polar surface area (TPSA) is 83.2 Å². The number of urea groups is 1. The van der Waals surface area contributed by atoms with Gasteiger partial charge < -0.3 is 15.1 Å². The van der Waals surface area contributed by atoms with Crippen LogP contribution in [0.2, 0.25) is 0 Å². The number of hydrogen-bond acceptors (Lipinski definition) is 4. The number of nitrogens with one attached hydrogen (secondary N) is 1. The van der Waals surface area contributed by atoms with Crippen molar-refractivity contribution in [2.45, 2.75) is 12.5 Å². The summed E-state index contributed by atoms with van der Waals surface area (Å²) in [4.78, 5) is 15.7. The number of benzene rings is 1. The molecule has 2 amide bonds. The predicted molar refractivity (Wildman–Crippen MR) is 75.9 cm³/mol. The first-order chi connectivity index (χ1) is 10.6. The summed E-state index contributed by atoms with van der Waals surface area (Å²) in [6, 6.07) is 5.42. The van der Waals surface area contributed by atoms with Crippen molar-refractivity contribution in [3.05, 3.63) is 29.6 Å². The lowest BCUT2D eigenvalue weighted by Crippen LogP contribution is -2.41. The van der Waals surface area contributed by atoms with Gasteiger partial charge in [0, 0.05) is 25.6 Å². The molecule has 1 aromatic rings. The molecule has 0 saturated carbocycles. The van der Waals surface area contributed by atoms with E-state index in [1.807, 2.05) is 6.07 Å². The third kappa shape index (κ3) is 2.42. The fourth-order valence-electron chi connectivity index (χ4n) is 3.17. The SMILES string of the molecule is N#Cc1ccc(NC(=O)N2CC[C@@H]3CN(C#N)C[C@@H]32)c(F)c1. The molecule has 7 heteroatoms. The highest BCUT2D eigenvalue weighted by Gasteiger charge is 2.43. The monoisotopic (exact) mass is 299 g/mol. The van der Waals surface area contributed by atoms with Gasteiger partial charge in [0.1, 0.15) is 5.82 Å². The van der Waals surface area contributed by atoms with E-state index in [0.29, 0.717) is 25.6 Å². The van der Waals surface area contributed by atoms with Crippen molar-refractivity contribution in [2.75, 3.05) is 25.0 Å². The van der Waals surface area contributed by atoms with Gasteiger partial charge in [-0.1, -0.05) is 0 Å². The molecule has 0 spiro atoms. The van der Waals surface area contributed by atoms with E-state index >= 15 is 0 Å². The number of nitriles is 2. The molecule has 2 heterocycles. The van der Waals surface area contributed by atoms with Gasteiger partial charge in [0.2, 0.25) is 0 Å². The Balaban J connectivity index is 1.71. The molecule has 0 aromatic heterocycles. The number of hydrogen-bond donors (Lipinski definition) is 1. The van der Waals surface area contributed by atoms with Crippen LogP contribution in [0, 0.1) is 34.5 Å². The van der Waals surface area contributed by atoms with Gasteiger partial charge in [0.25, 0.3) is 0 Å².